The molecule has 0 spiro atoms. The molecule has 0 aromatic carbocycles. The number of rotatable bonds is 4. The summed E-state index contributed by atoms with van der Waals surface area (Å²) < 4.78 is 84.3. The van der Waals surface area contributed by atoms with Gasteiger partial charge in [0.25, 0.3) is 0 Å². The smallest absolute Gasteiger partial charge is 0.413 e. The van der Waals surface area contributed by atoms with Crippen molar-refractivity contribution in [1.29, 1.82) is 0 Å². The molecule has 2 bridgehead atoms. The number of allylic oxidation sites excluding steroid dienone is 4. The van der Waals surface area contributed by atoms with E-state index in [0.29, 0.717) is 22.7 Å². The number of aromatic carboxylic acids is 2. The Balaban J connectivity index is 2.06. The maximum Gasteiger partial charge on any atom is 0.413 e. The lowest BCUT2D eigenvalue weighted by molar-refractivity contribution is -0.117. The number of carboxylic acids is 2. The number of hydrogen-bond acceptors (Lipinski definition) is 4. The highest BCUT2D eigenvalue weighted by Gasteiger charge is 2.68. The molecule has 33 heavy (non-hydrogen) atoms. The van der Waals surface area contributed by atoms with Gasteiger partial charge in [-0.25, -0.2) is 9.59 Å². The first-order chi connectivity index (χ1) is 15.1. The van der Waals surface area contributed by atoms with E-state index in [4.69, 9.17) is 0 Å². The van der Waals surface area contributed by atoms with Crippen molar-refractivity contribution in [3.63, 3.8) is 0 Å². The van der Waals surface area contributed by atoms with Crippen molar-refractivity contribution in [2.24, 2.45) is 17.3 Å². The summed E-state index contributed by atoms with van der Waals surface area (Å²) in [6.07, 6.45) is -10.5. The zero-order chi connectivity index (χ0) is 24.7. The Kier molecular flexibility index (Phi) is 5.14. The zero-order valence-electron chi connectivity index (χ0n) is 16.8. The third-order valence-electron chi connectivity index (χ3n) is 6.00. The summed E-state index contributed by atoms with van der Waals surface area (Å²) >= 11 is 1.34. The molecule has 2 unspecified atom stereocenters. The number of carboxylic acid groups (broad SMARTS) is 2. The first-order valence-corrected chi connectivity index (χ1v) is 11.0. The van der Waals surface area contributed by atoms with Crippen molar-refractivity contribution >= 4 is 45.8 Å². The molecule has 2 aromatic rings. The maximum absolute atomic E-state index is 14.1. The summed E-state index contributed by atoms with van der Waals surface area (Å²) in [5.41, 5.74) is -4.97. The van der Waals surface area contributed by atoms with Crippen LogP contribution in [0.5, 0.6) is 0 Å². The van der Waals surface area contributed by atoms with Gasteiger partial charge in [0.1, 0.15) is 9.75 Å². The van der Waals surface area contributed by atoms with Gasteiger partial charge in [-0.1, -0.05) is 13.8 Å². The van der Waals surface area contributed by atoms with E-state index >= 15 is 0 Å². The lowest BCUT2D eigenvalue weighted by Crippen LogP contribution is -2.27. The predicted molar refractivity (Wildman–Crippen MR) is 109 cm³/mol. The summed E-state index contributed by atoms with van der Waals surface area (Å²) in [5.74, 6) is -6.04. The van der Waals surface area contributed by atoms with E-state index in [1.807, 2.05) is 0 Å². The van der Waals surface area contributed by atoms with Crippen LogP contribution in [0.2, 0.25) is 0 Å². The van der Waals surface area contributed by atoms with Gasteiger partial charge in [-0.05, 0) is 40.8 Å². The van der Waals surface area contributed by atoms with Crippen LogP contribution in [0.4, 0.5) is 26.3 Å². The van der Waals surface area contributed by atoms with Crippen molar-refractivity contribution in [1.82, 2.24) is 0 Å². The van der Waals surface area contributed by atoms with Gasteiger partial charge in [0.05, 0.1) is 0 Å². The zero-order valence-corrected chi connectivity index (χ0v) is 18.4. The molecule has 0 aliphatic heterocycles. The minimum atomic E-state index is -5.27. The molecular formula is C21H14F6O4S2. The molecule has 4 rings (SSSR count). The van der Waals surface area contributed by atoms with E-state index in [0.717, 1.165) is 0 Å². The minimum Gasteiger partial charge on any atom is -0.477 e. The number of hydrogen-bond donors (Lipinski definition) is 2. The molecule has 0 amide bonds. The molecule has 2 N–H and O–H groups in total. The summed E-state index contributed by atoms with van der Waals surface area (Å²) in [4.78, 5) is 22.6. The van der Waals surface area contributed by atoms with Crippen LogP contribution in [0.3, 0.4) is 0 Å². The van der Waals surface area contributed by atoms with E-state index in [1.54, 1.807) is 0 Å². The highest BCUT2D eigenvalue weighted by molar-refractivity contribution is 7.16. The second-order valence-corrected chi connectivity index (χ2v) is 10.4. The normalized spacial score (nSPS) is 22.4. The Morgan fingerprint density at radius 1 is 0.758 bits per heavy atom. The van der Waals surface area contributed by atoms with Crippen molar-refractivity contribution < 1.29 is 46.1 Å². The topological polar surface area (TPSA) is 74.6 Å². The fourth-order valence-electron chi connectivity index (χ4n) is 4.94. The van der Waals surface area contributed by atoms with Crippen LogP contribution >= 0.6 is 22.7 Å². The molecule has 2 aromatic heterocycles. The Morgan fingerprint density at radius 2 is 1.09 bits per heavy atom. The number of carbonyl (C=O) groups is 2. The van der Waals surface area contributed by atoms with Gasteiger partial charge in [0.15, 0.2) is 0 Å². The van der Waals surface area contributed by atoms with E-state index in [-0.39, 0.29) is 30.7 Å². The van der Waals surface area contributed by atoms with Crippen LogP contribution in [-0.2, 0) is 0 Å². The van der Waals surface area contributed by atoms with Gasteiger partial charge in [-0.2, -0.15) is 26.3 Å². The van der Waals surface area contributed by atoms with Gasteiger partial charge in [0.2, 0.25) is 0 Å². The Bertz CT molecular complexity index is 1150. The Hall–Kier alpha value is -2.60. The Labute approximate surface area is 190 Å². The molecule has 0 fully saturated rings. The molecule has 4 nitrogen and oxygen atoms in total. The minimum absolute atomic E-state index is 0.0402. The monoisotopic (exact) mass is 508 g/mol. The summed E-state index contributed by atoms with van der Waals surface area (Å²) in [7, 11) is 0. The molecular weight excluding hydrogens is 494 g/mol. The molecule has 2 atom stereocenters. The summed E-state index contributed by atoms with van der Waals surface area (Å²) in [6.45, 7) is 2.63. The second kappa shape index (κ2) is 7.20. The lowest BCUT2D eigenvalue weighted by Gasteiger charge is -2.29. The summed E-state index contributed by atoms with van der Waals surface area (Å²) in [6, 6.07) is 4.94. The van der Waals surface area contributed by atoms with Crippen LogP contribution in [0, 0.1) is 17.3 Å². The molecule has 0 saturated carbocycles. The van der Waals surface area contributed by atoms with Crippen molar-refractivity contribution in [3.8, 4) is 0 Å². The first-order valence-electron chi connectivity index (χ1n) is 9.36. The largest absolute Gasteiger partial charge is 0.477 e. The third kappa shape index (κ3) is 3.50. The molecule has 0 saturated heterocycles. The second-order valence-electron chi connectivity index (χ2n) is 8.28. The third-order valence-corrected chi connectivity index (χ3v) is 8.21. The maximum atomic E-state index is 14.1. The number of fused-ring (bicyclic) bond motifs is 2. The van der Waals surface area contributed by atoms with Crippen molar-refractivity contribution in [2.45, 2.75) is 26.2 Å². The molecule has 176 valence electrons. The number of alkyl halides is 6. The fraction of sp³-hybridized carbons (Fsp3) is 0.333. The highest BCUT2D eigenvalue weighted by atomic mass is 32.1. The molecule has 12 heteroatoms. The van der Waals surface area contributed by atoms with Gasteiger partial charge in [0, 0.05) is 32.7 Å². The average molecular weight is 508 g/mol. The average Bonchev–Trinajstić information content (AvgIpc) is 3.40. The van der Waals surface area contributed by atoms with Crippen LogP contribution in [0.1, 0.15) is 42.9 Å². The van der Waals surface area contributed by atoms with Gasteiger partial charge in [-0.3, -0.25) is 0 Å². The van der Waals surface area contributed by atoms with E-state index < -0.39 is 52.7 Å². The quantitative estimate of drug-likeness (QED) is 0.351. The van der Waals surface area contributed by atoms with Crippen LogP contribution in [0.15, 0.2) is 35.4 Å². The van der Waals surface area contributed by atoms with E-state index in [1.165, 1.54) is 38.1 Å². The standard InChI is InChI=1S/C21H14F6O4S2/c1-19(2)13-11(7-3-5-9(32-7)17(28)29)12(8-4-6-10(33-8)18(30)31)14(19)16(21(25,26)27)15(13)20(22,23)24/h3-6,13-14H,1-2H3,(H,28,29)(H,30,31). The predicted octanol–water partition coefficient (Wildman–Crippen LogP) is 6.82. The lowest BCUT2D eigenvalue weighted by atomic mass is 9.75. The van der Waals surface area contributed by atoms with E-state index in [2.05, 4.69) is 0 Å². The van der Waals surface area contributed by atoms with Gasteiger partial charge < -0.3 is 10.2 Å². The Morgan fingerprint density at radius 3 is 1.33 bits per heavy atom. The molecule has 2 aliphatic rings. The van der Waals surface area contributed by atoms with Crippen LogP contribution in [0.25, 0.3) is 11.1 Å². The fourth-order valence-corrected chi connectivity index (χ4v) is 6.81. The molecule has 2 heterocycles. The van der Waals surface area contributed by atoms with Gasteiger partial charge >= 0.3 is 24.3 Å². The van der Waals surface area contributed by atoms with Gasteiger partial charge in [-0.15, -0.1) is 22.7 Å². The molecule has 0 radical (unpaired) electrons. The van der Waals surface area contributed by atoms with Crippen LogP contribution < -0.4 is 0 Å². The SMILES string of the molecule is CC1(C)C2C(c3ccc(C(=O)O)s3)=C(c3ccc(C(=O)O)s3)C1C(C(F)(F)F)=C2C(F)(F)F. The number of halogens is 6. The number of thiophene rings is 2. The van der Waals surface area contributed by atoms with Crippen LogP contribution in [-0.4, -0.2) is 34.5 Å². The van der Waals surface area contributed by atoms with Crippen molar-refractivity contribution in [2.75, 3.05) is 0 Å². The first kappa shape index (κ1) is 23.6. The van der Waals surface area contributed by atoms with Crippen molar-refractivity contribution in [3.05, 3.63) is 54.9 Å². The summed E-state index contributed by atoms with van der Waals surface area (Å²) in [5, 5.41) is 18.5. The highest BCUT2D eigenvalue weighted by Crippen LogP contribution is 2.72. The van der Waals surface area contributed by atoms with E-state index in [9.17, 15) is 46.1 Å². The molecule has 2 aliphatic carbocycles.